The summed E-state index contributed by atoms with van der Waals surface area (Å²) >= 11 is 0. The third kappa shape index (κ3) is 7.45. The van der Waals surface area contributed by atoms with Crippen LogP contribution in [0.15, 0.2) is 103 Å². The van der Waals surface area contributed by atoms with Crippen LogP contribution in [-0.2, 0) is 22.5 Å². The van der Waals surface area contributed by atoms with Gasteiger partial charge in [0.15, 0.2) is 6.29 Å². The van der Waals surface area contributed by atoms with Crippen LogP contribution in [0.25, 0.3) is 0 Å². The molecule has 7 heteroatoms. The van der Waals surface area contributed by atoms with Crippen molar-refractivity contribution < 1.29 is 19.4 Å². The van der Waals surface area contributed by atoms with Gasteiger partial charge in [-0.1, -0.05) is 67.6 Å². The van der Waals surface area contributed by atoms with Crippen molar-refractivity contribution in [1.82, 2.24) is 9.88 Å². The minimum absolute atomic E-state index is 0.00171. The smallest absolute Gasteiger partial charge is 0.255 e. The monoisotopic (exact) mass is 551 g/mol. The standard InChI is InChI=1S/C34H37N3O4/c1-24-31(22-37(2)20-18-29-12-6-7-19-35-29)40-34(41-32(24)26-16-14-25(23-38)15-17-26)28-11-8-13-30(21-28)36-33(39)27-9-4-3-5-10-27/h3-17,19,21,24,31-32,34,38H,18,20,22-23H2,1-2H3,(H,36,39)/t24-,31+,32+,34+/m0/s1. The second-order valence-corrected chi connectivity index (χ2v) is 10.6. The molecule has 1 saturated heterocycles. The highest BCUT2D eigenvalue weighted by Gasteiger charge is 2.38. The third-order valence-corrected chi connectivity index (χ3v) is 7.54. The van der Waals surface area contributed by atoms with Crippen LogP contribution < -0.4 is 5.32 Å². The maximum absolute atomic E-state index is 12.8. The molecule has 0 aliphatic carbocycles. The number of carbonyl (C=O) groups is 1. The molecule has 0 bridgehead atoms. The van der Waals surface area contributed by atoms with Crippen molar-refractivity contribution in [3.63, 3.8) is 0 Å². The number of aliphatic hydroxyl groups is 1. The topological polar surface area (TPSA) is 83.9 Å². The van der Waals surface area contributed by atoms with E-state index in [2.05, 4.69) is 29.2 Å². The maximum Gasteiger partial charge on any atom is 0.255 e. The number of nitrogens with zero attached hydrogens (tertiary/aromatic N) is 2. The fourth-order valence-corrected chi connectivity index (χ4v) is 5.13. The Bertz CT molecular complexity index is 1400. The number of benzene rings is 3. The highest BCUT2D eigenvalue weighted by atomic mass is 16.7. The Balaban J connectivity index is 1.35. The van der Waals surface area contributed by atoms with E-state index in [1.807, 2.05) is 91.1 Å². The summed E-state index contributed by atoms with van der Waals surface area (Å²) in [7, 11) is 2.11. The molecule has 1 aromatic heterocycles. The molecule has 4 atom stereocenters. The van der Waals surface area contributed by atoms with Gasteiger partial charge in [0, 0.05) is 54.1 Å². The van der Waals surface area contributed by atoms with Crippen molar-refractivity contribution >= 4 is 11.6 Å². The Morgan fingerprint density at radius 2 is 1.71 bits per heavy atom. The van der Waals surface area contributed by atoms with Gasteiger partial charge in [-0.25, -0.2) is 0 Å². The van der Waals surface area contributed by atoms with Crippen molar-refractivity contribution in [2.45, 2.75) is 38.4 Å². The second kappa shape index (κ2) is 13.7. The molecular weight excluding hydrogens is 514 g/mol. The Hall–Kier alpha value is -3.88. The number of pyridine rings is 1. The van der Waals surface area contributed by atoms with Crippen LogP contribution in [0, 0.1) is 5.92 Å². The normalized spacial score (nSPS) is 20.6. The molecular formula is C34H37N3O4. The first-order valence-corrected chi connectivity index (χ1v) is 14.1. The number of hydrogen-bond donors (Lipinski definition) is 2. The molecule has 212 valence electrons. The van der Waals surface area contributed by atoms with E-state index in [1.54, 1.807) is 12.1 Å². The first kappa shape index (κ1) is 28.6. The van der Waals surface area contributed by atoms with Gasteiger partial charge in [0.25, 0.3) is 5.91 Å². The number of rotatable bonds is 10. The Kier molecular flexibility index (Phi) is 9.54. The number of likely N-dealkylation sites (N-methyl/N-ethyl adjacent to an activating group) is 1. The Morgan fingerprint density at radius 3 is 2.44 bits per heavy atom. The largest absolute Gasteiger partial charge is 0.392 e. The van der Waals surface area contributed by atoms with Gasteiger partial charge < -0.3 is 24.8 Å². The SMILES string of the molecule is C[C@H]1[C@@H](CN(C)CCc2ccccn2)O[C@@H](c2cccc(NC(=O)c3ccccc3)c2)O[C@H]1c1ccc(CO)cc1. The lowest BCUT2D eigenvalue weighted by Gasteiger charge is -2.42. The molecule has 41 heavy (non-hydrogen) atoms. The minimum Gasteiger partial charge on any atom is -0.392 e. The van der Waals surface area contributed by atoms with Crippen LogP contribution in [0.1, 0.15) is 52.1 Å². The van der Waals surface area contributed by atoms with Crippen molar-refractivity contribution in [3.05, 3.63) is 131 Å². The Morgan fingerprint density at radius 1 is 0.927 bits per heavy atom. The van der Waals surface area contributed by atoms with Gasteiger partial charge in [-0.2, -0.15) is 0 Å². The minimum atomic E-state index is -0.614. The number of hydrogen-bond acceptors (Lipinski definition) is 6. The van der Waals surface area contributed by atoms with Gasteiger partial charge in [0.1, 0.15) is 0 Å². The lowest BCUT2D eigenvalue weighted by molar-refractivity contribution is -0.275. The number of ether oxygens (including phenoxy) is 2. The van der Waals surface area contributed by atoms with E-state index in [1.165, 1.54) is 0 Å². The highest BCUT2D eigenvalue weighted by Crippen LogP contribution is 2.42. The van der Waals surface area contributed by atoms with E-state index in [0.717, 1.165) is 41.9 Å². The number of nitrogens with one attached hydrogen (secondary N) is 1. The van der Waals surface area contributed by atoms with E-state index >= 15 is 0 Å². The molecule has 5 rings (SSSR count). The summed E-state index contributed by atoms with van der Waals surface area (Å²) in [6, 6.07) is 30.7. The predicted molar refractivity (Wildman–Crippen MR) is 159 cm³/mol. The predicted octanol–water partition coefficient (Wildman–Crippen LogP) is 5.79. The summed E-state index contributed by atoms with van der Waals surface area (Å²) in [5.74, 6) is -0.0967. The maximum atomic E-state index is 12.8. The van der Waals surface area contributed by atoms with E-state index in [0.29, 0.717) is 11.3 Å². The lowest BCUT2D eigenvalue weighted by Crippen LogP contribution is -2.44. The van der Waals surface area contributed by atoms with Gasteiger partial charge in [0.2, 0.25) is 0 Å². The average molecular weight is 552 g/mol. The van der Waals surface area contributed by atoms with Gasteiger partial charge in [0.05, 0.1) is 18.8 Å². The molecule has 0 radical (unpaired) electrons. The number of carbonyl (C=O) groups excluding carboxylic acids is 1. The molecule has 1 amide bonds. The van der Waals surface area contributed by atoms with Gasteiger partial charge in [-0.15, -0.1) is 0 Å². The molecule has 1 aliphatic rings. The molecule has 0 unspecified atom stereocenters. The van der Waals surface area contributed by atoms with Gasteiger partial charge >= 0.3 is 0 Å². The van der Waals surface area contributed by atoms with Crippen LogP contribution >= 0.6 is 0 Å². The van der Waals surface area contributed by atoms with Crippen molar-refractivity contribution in [2.75, 3.05) is 25.5 Å². The van der Waals surface area contributed by atoms with Crippen LogP contribution in [0.4, 0.5) is 5.69 Å². The molecule has 4 aromatic rings. The first-order chi connectivity index (χ1) is 20.0. The number of aromatic nitrogens is 1. The molecule has 2 N–H and O–H groups in total. The third-order valence-electron chi connectivity index (χ3n) is 7.54. The molecule has 0 spiro atoms. The summed E-state index contributed by atoms with van der Waals surface area (Å²) in [6.45, 7) is 3.74. The van der Waals surface area contributed by atoms with E-state index < -0.39 is 6.29 Å². The van der Waals surface area contributed by atoms with Crippen LogP contribution in [0.3, 0.4) is 0 Å². The second-order valence-electron chi connectivity index (χ2n) is 10.6. The Labute approximate surface area is 241 Å². The zero-order chi connectivity index (χ0) is 28.6. The lowest BCUT2D eigenvalue weighted by atomic mass is 9.90. The first-order valence-electron chi connectivity index (χ1n) is 14.1. The van der Waals surface area contributed by atoms with Crippen LogP contribution in [0.2, 0.25) is 0 Å². The molecule has 1 aliphatic heterocycles. The average Bonchev–Trinajstić information content (AvgIpc) is 3.02. The van der Waals surface area contributed by atoms with E-state index in [4.69, 9.17) is 9.47 Å². The summed E-state index contributed by atoms with van der Waals surface area (Å²) in [4.78, 5) is 19.5. The summed E-state index contributed by atoms with van der Waals surface area (Å²) in [5.41, 5.74) is 5.07. The summed E-state index contributed by atoms with van der Waals surface area (Å²) in [6.07, 6.45) is 1.75. The fraction of sp³-hybridized carbons (Fsp3) is 0.294. The fourth-order valence-electron chi connectivity index (χ4n) is 5.13. The zero-order valence-corrected chi connectivity index (χ0v) is 23.5. The van der Waals surface area contributed by atoms with E-state index in [9.17, 15) is 9.90 Å². The molecule has 0 saturated carbocycles. The molecule has 7 nitrogen and oxygen atoms in total. The summed E-state index contributed by atoms with van der Waals surface area (Å²) in [5, 5.41) is 12.5. The van der Waals surface area contributed by atoms with Crippen LogP contribution in [-0.4, -0.2) is 47.1 Å². The number of aliphatic hydroxyl groups excluding tert-OH is 1. The number of amides is 1. The van der Waals surface area contributed by atoms with E-state index in [-0.39, 0.29) is 30.6 Å². The molecule has 3 aromatic carbocycles. The molecule has 1 fully saturated rings. The van der Waals surface area contributed by atoms with Gasteiger partial charge in [-0.05, 0) is 54.6 Å². The highest BCUT2D eigenvalue weighted by molar-refractivity contribution is 6.04. The van der Waals surface area contributed by atoms with Crippen molar-refractivity contribution in [3.8, 4) is 0 Å². The van der Waals surface area contributed by atoms with Crippen molar-refractivity contribution in [2.24, 2.45) is 5.92 Å². The van der Waals surface area contributed by atoms with Gasteiger partial charge in [-0.3, -0.25) is 9.78 Å². The van der Waals surface area contributed by atoms with Crippen molar-refractivity contribution in [1.29, 1.82) is 0 Å². The summed E-state index contributed by atoms with van der Waals surface area (Å²) < 4.78 is 13.2. The van der Waals surface area contributed by atoms with Crippen LogP contribution in [0.5, 0.6) is 0 Å². The number of anilines is 1. The quantitative estimate of drug-likeness (QED) is 0.260. The molecule has 2 heterocycles. The zero-order valence-electron chi connectivity index (χ0n) is 23.5.